The molecule has 0 amide bonds. The molecule has 1 spiro atoms. The molecule has 2 heteroatoms. The van der Waals surface area contributed by atoms with Crippen LogP contribution in [0.1, 0.15) is 58.8 Å². The van der Waals surface area contributed by atoms with Gasteiger partial charge in [-0.3, -0.25) is 0 Å². The highest BCUT2D eigenvalue weighted by Crippen LogP contribution is 2.45. The molecule has 1 N–H and O–H groups in total. The topological polar surface area (TPSA) is 15.3 Å². The minimum atomic E-state index is 0.684. The number of likely N-dealkylation sites (tertiary alicyclic amines) is 1. The van der Waals surface area contributed by atoms with E-state index < -0.39 is 0 Å². The van der Waals surface area contributed by atoms with Gasteiger partial charge in [0.2, 0.25) is 0 Å². The van der Waals surface area contributed by atoms with Crippen molar-refractivity contribution in [1.82, 2.24) is 10.2 Å². The van der Waals surface area contributed by atoms with Crippen molar-refractivity contribution in [2.45, 2.75) is 58.8 Å². The van der Waals surface area contributed by atoms with Crippen LogP contribution in [-0.2, 0) is 0 Å². The molecular formula is C16H32N2. The van der Waals surface area contributed by atoms with Gasteiger partial charge >= 0.3 is 0 Å². The predicted octanol–water partition coefficient (Wildman–Crippen LogP) is 3.28. The highest BCUT2D eigenvalue weighted by Gasteiger charge is 2.40. The van der Waals surface area contributed by atoms with Crippen LogP contribution in [0.2, 0.25) is 0 Å². The second kappa shape index (κ2) is 6.91. The molecule has 2 aliphatic rings. The average molecular weight is 252 g/mol. The maximum atomic E-state index is 3.63. The summed E-state index contributed by atoms with van der Waals surface area (Å²) >= 11 is 0. The van der Waals surface area contributed by atoms with Gasteiger partial charge in [-0.2, -0.15) is 0 Å². The molecule has 2 atom stereocenters. The molecular weight excluding hydrogens is 220 g/mol. The predicted molar refractivity (Wildman–Crippen MR) is 78.9 cm³/mol. The first-order chi connectivity index (χ1) is 8.80. The monoisotopic (exact) mass is 252 g/mol. The zero-order valence-electron chi connectivity index (χ0n) is 12.5. The van der Waals surface area contributed by atoms with Gasteiger partial charge in [-0.15, -0.1) is 0 Å². The fraction of sp³-hybridized carbons (Fsp3) is 1.00. The van der Waals surface area contributed by atoms with Crippen LogP contribution in [-0.4, -0.2) is 37.6 Å². The summed E-state index contributed by atoms with van der Waals surface area (Å²) in [6.07, 6.45) is 9.90. The van der Waals surface area contributed by atoms with Crippen LogP contribution < -0.4 is 5.32 Å². The van der Waals surface area contributed by atoms with Crippen molar-refractivity contribution in [3.63, 3.8) is 0 Å². The first-order valence-electron chi connectivity index (χ1n) is 8.24. The number of nitrogens with one attached hydrogen (secondary N) is 1. The van der Waals surface area contributed by atoms with Crippen LogP contribution in [0.4, 0.5) is 0 Å². The highest BCUT2D eigenvalue weighted by atomic mass is 15.1. The Morgan fingerprint density at radius 2 is 2.00 bits per heavy atom. The van der Waals surface area contributed by atoms with Crippen LogP contribution in [0.5, 0.6) is 0 Å². The van der Waals surface area contributed by atoms with Crippen molar-refractivity contribution in [3.05, 3.63) is 0 Å². The molecule has 0 bridgehead atoms. The molecule has 0 aromatic carbocycles. The molecule has 2 aliphatic heterocycles. The van der Waals surface area contributed by atoms with Crippen LogP contribution in [0.15, 0.2) is 0 Å². The van der Waals surface area contributed by atoms with Crippen LogP contribution >= 0.6 is 0 Å². The lowest BCUT2D eigenvalue weighted by molar-refractivity contribution is 0.0790. The molecule has 2 nitrogen and oxygen atoms in total. The Balaban J connectivity index is 1.99. The number of nitrogens with zero attached hydrogens (tertiary/aromatic N) is 1. The van der Waals surface area contributed by atoms with Gasteiger partial charge in [0.25, 0.3) is 0 Å². The van der Waals surface area contributed by atoms with Crippen LogP contribution in [0, 0.1) is 11.3 Å². The second-order valence-electron chi connectivity index (χ2n) is 6.50. The van der Waals surface area contributed by atoms with Crippen LogP contribution in [0.3, 0.4) is 0 Å². The van der Waals surface area contributed by atoms with E-state index in [0.717, 1.165) is 5.92 Å². The van der Waals surface area contributed by atoms with Gasteiger partial charge in [-0.05, 0) is 82.6 Å². The second-order valence-corrected chi connectivity index (χ2v) is 6.50. The smallest absolute Gasteiger partial charge is 0.00133 e. The Labute approximate surface area is 114 Å². The lowest BCUT2D eigenvalue weighted by atomic mass is 9.65. The fourth-order valence-corrected chi connectivity index (χ4v) is 4.26. The summed E-state index contributed by atoms with van der Waals surface area (Å²) in [4.78, 5) is 2.71. The van der Waals surface area contributed by atoms with E-state index in [2.05, 4.69) is 24.1 Å². The van der Waals surface area contributed by atoms with E-state index in [1.807, 2.05) is 0 Å². The first-order valence-corrected chi connectivity index (χ1v) is 8.24. The quantitative estimate of drug-likeness (QED) is 0.826. The van der Waals surface area contributed by atoms with Gasteiger partial charge in [-0.25, -0.2) is 0 Å². The molecule has 2 unspecified atom stereocenters. The minimum Gasteiger partial charge on any atom is -0.316 e. The summed E-state index contributed by atoms with van der Waals surface area (Å²) in [6, 6.07) is 0. The average Bonchev–Trinajstić information content (AvgIpc) is 2.57. The van der Waals surface area contributed by atoms with Gasteiger partial charge in [0, 0.05) is 0 Å². The number of hydrogen-bond donors (Lipinski definition) is 1. The van der Waals surface area contributed by atoms with Crippen molar-refractivity contribution in [3.8, 4) is 0 Å². The maximum absolute atomic E-state index is 3.63. The normalized spacial score (nSPS) is 34.7. The Bertz CT molecular complexity index is 239. The van der Waals surface area contributed by atoms with E-state index in [-0.39, 0.29) is 0 Å². The van der Waals surface area contributed by atoms with E-state index in [1.165, 1.54) is 77.7 Å². The van der Waals surface area contributed by atoms with Gasteiger partial charge in [0.15, 0.2) is 0 Å². The molecule has 0 aliphatic carbocycles. The molecule has 106 valence electrons. The molecule has 2 heterocycles. The third-order valence-electron chi connectivity index (χ3n) is 5.31. The minimum absolute atomic E-state index is 0.684. The highest BCUT2D eigenvalue weighted by molar-refractivity contribution is 4.93. The van der Waals surface area contributed by atoms with Crippen molar-refractivity contribution in [2.24, 2.45) is 11.3 Å². The lowest BCUT2D eigenvalue weighted by Gasteiger charge is -2.44. The summed E-state index contributed by atoms with van der Waals surface area (Å²) in [5.41, 5.74) is 0.684. The van der Waals surface area contributed by atoms with Gasteiger partial charge < -0.3 is 10.2 Å². The molecule has 0 aromatic heterocycles. The Morgan fingerprint density at radius 3 is 2.78 bits per heavy atom. The lowest BCUT2D eigenvalue weighted by Crippen LogP contribution is -2.45. The standard InChI is InChI=1S/C16H32N2/c1-3-6-15-14-17-10-8-16(15)7-5-12-18(11-4-2)13-9-16/h15,17H,3-14H2,1-2H3. The van der Waals surface area contributed by atoms with Crippen LogP contribution in [0.25, 0.3) is 0 Å². The Kier molecular flexibility index (Phi) is 5.50. The van der Waals surface area contributed by atoms with E-state index >= 15 is 0 Å². The fourth-order valence-electron chi connectivity index (χ4n) is 4.26. The summed E-state index contributed by atoms with van der Waals surface area (Å²) in [7, 11) is 0. The Morgan fingerprint density at radius 1 is 1.11 bits per heavy atom. The Hall–Kier alpha value is -0.0800. The first kappa shape index (κ1) is 14.3. The van der Waals surface area contributed by atoms with E-state index in [1.54, 1.807) is 0 Å². The maximum Gasteiger partial charge on any atom is -0.00133 e. The molecule has 2 rings (SSSR count). The summed E-state index contributed by atoms with van der Waals surface area (Å²) in [6.45, 7) is 11.2. The SMILES string of the molecule is CCCC1CNCCC12CCCN(CCC)CC2. The van der Waals surface area contributed by atoms with E-state index in [0.29, 0.717) is 5.41 Å². The molecule has 2 fully saturated rings. The third kappa shape index (κ3) is 3.27. The number of hydrogen-bond acceptors (Lipinski definition) is 2. The summed E-state index contributed by atoms with van der Waals surface area (Å²) in [5, 5.41) is 3.63. The van der Waals surface area contributed by atoms with Crippen molar-refractivity contribution >= 4 is 0 Å². The molecule has 2 saturated heterocycles. The molecule has 0 aromatic rings. The van der Waals surface area contributed by atoms with E-state index in [4.69, 9.17) is 0 Å². The number of piperidine rings is 1. The zero-order valence-corrected chi connectivity index (χ0v) is 12.5. The largest absolute Gasteiger partial charge is 0.316 e. The molecule has 18 heavy (non-hydrogen) atoms. The van der Waals surface area contributed by atoms with Gasteiger partial charge in [0.05, 0.1) is 0 Å². The number of rotatable bonds is 4. The van der Waals surface area contributed by atoms with Gasteiger partial charge in [0.1, 0.15) is 0 Å². The summed E-state index contributed by atoms with van der Waals surface area (Å²) in [5.74, 6) is 0.942. The zero-order chi connectivity index (χ0) is 12.8. The van der Waals surface area contributed by atoms with Crippen molar-refractivity contribution in [1.29, 1.82) is 0 Å². The molecule has 0 radical (unpaired) electrons. The molecule has 0 saturated carbocycles. The van der Waals surface area contributed by atoms with Crippen molar-refractivity contribution in [2.75, 3.05) is 32.7 Å². The van der Waals surface area contributed by atoms with E-state index in [9.17, 15) is 0 Å². The third-order valence-corrected chi connectivity index (χ3v) is 5.31. The van der Waals surface area contributed by atoms with Crippen molar-refractivity contribution < 1.29 is 0 Å². The summed E-state index contributed by atoms with van der Waals surface area (Å²) < 4.78 is 0. The van der Waals surface area contributed by atoms with Gasteiger partial charge in [-0.1, -0.05) is 20.3 Å².